The molecule has 0 saturated heterocycles. The number of nitrogens with one attached hydrogen (secondary N) is 1. The SMILES string of the molecule is CCOc1ccccc1C(c1ccccc1)(c1ccccc1)c1ccc(=O)[nH]c1. The van der Waals surface area contributed by atoms with Gasteiger partial charge < -0.3 is 9.72 Å². The maximum Gasteiger partial charge on any atom is 0.247 e. The minimum absolute atomic E-state index is 0.123. The van der Waals surface area contributed by atoms with Gasteiger partial charge in [-0.25, -0.2) is 0 Å². The van der Waals surface area contributed by atoms with Crippen LogP contribution >= 0.6 is 0 Å². The average molecular weight is 381 g/mol. The Morgan fingerprint density at radius 1 is 0.724 bits per heavy atom. The number of para-hydroxylation sites is 1. The van der Waals surface area contributed by atoms with Crippen LogP contribution in [0.3, 0.4) is 0 Å². The second-order valence-electron chi connectivity index (χ2n) is 6.85. The molecule has 0 atom stereocenters. The summed E-state index contributed by atoms with van der Waals surface area (Å²) in [6.45, 7) is 2.56. The molecular formula is C26H23NO2. The molecule has 1 heterocycles. The molecule has 0 radical (unpaired) electrons. The van der Waals surface area contributed by atoms with Crippen LogP contribution in [0.2, 0.25) is 0 Å². The molecule has 0 aliphatic rings. The van der Waals surface area contributed by atoms with Gasteiger partial charge in [-0.1, -0.05) is 84.9 Å². The number of hydrogen-bond donors (Lipinski definition) is 1. The van der Waals surface area contributed by atoms with Gasteiger partial charge in [0.05, 0.1) is 12.0 Å². The fraction of sp³-hybridized carbons (Fsp3) is 0.115. The largest absolute Gasteiger partial charge is 0.494 e. The van der Waals surface area contributed by atoms with Crippen LogP contribution in [-0.4, -0.2) is 11.6 Å². The Hall–Kier alpha value is -3.59. The smallest absolute Gasteiger partial charge is 0.247 e. The molecule has 3 heteroatoms. The van der Waals surface area contributed by atoms with Gasteiger partial charge in [-0.2, -0.15) is 0 Å². The fourth-order valence-corrected chi connectivity index (χ4v) is 4.04. The number of benzene rings is 3. The highest BCUT2D eigenvalue weighted by atomic mass is 16.5. The summed E-state index contributed by atoms with van der Waals surface area (Å²) >= 11 is 0. The van der Waals surface area contributed by atoms with Crippen LogP contribution in [-0.2, 0) is 5.41 Å². The van der Waals surface area contributed by atoms with Crippen LogP contribution < -0.4 is 10.3 Å². The third-order valence-electron chi connectivity index (χ3n) is 5.22. The summed E-state index contributed by atoms with van der Waals surface area (Å²) in [5, 5.41) is 0. The van der Waals surface area contributed by atoms with Crippen LogP contribution in [0.1, 0.15) is 29.2 Å². The molecule has 0 amide bonds. The maximum atomic E-state index is 11.8. The van der Waals surface area contributed by atoms with Gasteiger partial charge in [0.15, 0.2) is 0 Å². The molecule has 1 aromatic heterocycles. The third-order valence-corrected chi connectivity index (χ3v) is 5.22. The fourth-order valence-electron chi connectivity index (χ4n) is 4.04. The second-order valence-corrected chi connectivity index (χ2v) is 6.85. The van der Waals surface area contributed by atoms with Crippen molar-refractivity contribution in [3.05, 3.63) is 136 Å². The Labute approximate surface area is 170 Å². The Balaban J connectivity index is 2.16. The molecule has 0 aliphatic carbocycles. The standard InChI is InChI=1S/C26H23NO2/c1-2-29-24-16-10-9-15-23(24)26(20-11-5-3-6-12-20,21-13-7-4-8-14-21)22-17-18-25(28)27-19-22/h3-19H,2H2,1H3,(H,27,28). The summed E-state index contributed by atoms with van der Waals surface area (Å²) in [4.78, 5) is 14.7. The molecule has 3 aromatic carbocycles. The van der Waals surface area contributed by atoms with E-state index >= 15 is 0 Å². The quantitative estimate of drug-likeness (QED) is 0.469. The zero-order valence-electron chi connectivity index (χ0n) is 16.3. The van der Waals surface area contributed by atoms with E-state index in [4.69, 9.17) is 4.74 Å². The van der Waals surface area contributed by atoms with Gasteiger partial charge in [0.1, 0.15) is 5.75 Å². The van der Waals surface area contributed by atoms with E-state index in [9.17, 15) is 4.79 Å². The van der Waals surface area contributed by atoms with Gasteiger partial charge in [0.25, 0.3) is 0 Å². The van der Waals surface area contributed by atoms with Gasteiger partial charge in [0, 0.05) is 17.8 Å². The first-order chi connectivity index (χ1) is 14.3. The Morgan fingerprint density at radius 3 is 1.86 bits per heavy atom. The third kappa shape index (κ3) is 3.36. The van der Waals surface area contributed by atoms with Crippen molar-refractivity contribution in [1.29, 1.82) is 0 Å². The van der Waals surface area contributed by atoms with Crippen LogP contribution in [0, 0.1) is 0 Å². The molecule has 144 valence electrons. The molecule has 0 unspecified atom stereocenters. The molecule has 3 nitrogen and oxygen atoms in total. The lowest BCUT2D eigenvalue weighted by atomic mass is 9.65. The molecule has 0 aliphatic heterocycles. The summed E-state index contributed by atoms with van der Waals surface area (Å²) in [5.74, 6) is 0.828. The van der Waals surface area contributed by atoms with E-state index in [1.165, 1.54) is 0 Å². The Kier molecular flexibility index (Phi) is 5.30. The normalized spacial score (nSPS) is 11.2. The maximum absolute atomic E-state index is 11.8. The molecule has 0 bridgehead atoms. The van der Waals surface area contributed by atoms with Gasteiger partial charge in [-0.3, -0.25) is 4.79 Å². The Morgan fingerprint density at radius 2 is 1.31 bits per heavy atom. The molecule has 0 saturated carbocycles. The van der Waals surface area contributed by atoms with Crippen molar-refractivity contribution in [3.63, 3.8) is 0 Å². The molecule has 4 aromatic rings. The van der Waals surface area contributed by atoms with Crippen molar-refractivity contribution in [2.24, 2.45) is 0 Å². The van der Waals surface area contributed by atoms with E-state index in [0.29, 0.717) is 6.61 Å². The predicted octanol–water partition coefficient (Wildman–Crippen LogP) is 5.16. The number of pyridine rings is 1. The van der Waals surface area contributed by atoms with Crippen LogP contribution in [0.25, 0.3) is 0 Å². The highest BCUT2D eigenvalue weighted by molar-refractivity contribution is 5.62. The number of aromatic amines is 1. The van der Waals surface area contributed by atoms with Crippen LogP contribution in [0.4, 0.5) is 0 Å². The molecule has 1 N–H and O–H groups in total. The predicted molar refractivity (Wildman–Crippen MR) is 117 cm³/mol. The van der Waals surface area contributed by atoms with E-state index in [0.717, 1.165) is 28.0 Å². The lowest BCUT2D eigenvalue weighted by Crippen LogP contribution is -2.32. The lowest BCUT2D eigenvalue weighted by molar-refractivity contribution is 0.333. The zero-order chi connectivity index (χ0) is 20.1. The van der Waals surface area contributed by atoms with E-state index in [2.05, 4.69) is 35.3 Å². The molecular weight excluding hydrogens is 358 g/mol. The molecule has 0 fully saturated rings. The highest BCUT2D eigenvalue weighted by Gasteiger charge is 2.40. The topological polar surface area (TPSA) is 42.1 Å². The first-order valence-corrected chi connectivity index (χ1v) is 9.79. The summed E-state index contributed by atoms with van der Waals surface area (Å²) in [5.41, 5.74) is 3.45. The minimum Gasteiger partial charge on any atom is -0.494 e. The minimum atomic E-state index is -0.640. The van der Waals surface area contributed by atoms with Crippen molar-refractivity contribution in [2.75, 3.05) is 6.61 Å². The summed E-state index contributed by atoms with van der Waals surface area (Å²) in [7, 11) is 0. The number of hydrogen-bond acceptors (Lipinski definition) is 2. The van der Waals surface area contributed by atoms with Crippen LogP contribution in [0.15, 0.2) is 108 Å². The van der Waals surface area contributed by atoms with Crippen molar-refractivity contribution in [1.82, 2.24) is 4.98 Å². The summed E-state index contributed by atoms with van der Waals surface area (Å²) in [6, 6.07) is 32.3. The van der Waals surface area contributed by atoms with E-state index < -0.39 is 5.41 Å². The van der Waals surface area contributed by atoms with Gasteiger partial charge >= 0.3 is 0 Å². The van der Waals surface area contributed by atoms with Gasteiger partial charge in [0.2, 0.25) is 5.56 Å². The molecule has 4 rings (SSSR count). The molecule has 0 spiro atoms. The number of ether oxygens (including phenoxy) is 1. The van der Waals surface area contributed by atoms with Gasteiger partial charge in [-0.15, -0.1) is 0 Å². The average Bonchev–Trinajstić information content (AvgIpc) is 2.78. The molecule has 29 heavy (non-hydrogen) atoms. The highest BCUT2D eigenvalue weighted by Crippen LogP contribution is 2.47. The monoisotopic (exact) mass is 381 g/mol. The van der Waals surface area contributed by atoms with Crippen molar-refractivity contribution < 1.29 is 4.74 Å². The van der Waals surface area contributed by atoms with Crippen molar-refractivity contribution in [2.45, 2.75) is 12.3 Å². The number of aromatic nitrogens is 1. The van der Waals surface area contributed by atoms with E-state index in [1.807, 2.05) is 73.8 Å². The van der Waals surface area contributed by atoms with Gasteiger partial charge in [-0.05, 0) is 29.7 Å². The zero-order valence-corrected chi connectivity index (χ0v) is 16.3. The summed E-state index contributed by atoms with van der Waals surface area (Å²) in [6.07, 6.45) is 1.81. The van der Waals surface area contributed by atoms with Crippen LogP contribution in [0.5, 0.6) is 5.75 Å². The second kappa shape index (κ2) is 8.19. The first-order valence-electron chi connectivity index (χ1n) is 9.79. The van der Waals surface area contributed by atoms with Crippen molar-refractivity contribution in [3.8, 4) is 5.75 Å². The first kappa shape index (κ1) is 18.8. The lowest BCUT2D eigenvalue weighted by Gasteiger charge is -2.37. The number of rotatable bonds is 6. The van der Waals surface area contributed by atoms with E-state index in [-0.39, 0.29) is 5.56 Å². The summed E-state index contributed by atoms with van der Waals surface area (Å²) < 4.78 is 6.06. The van der Waals surface area contributed by atoms with Crippen molar-refractivity contribution >= 4 is 0 Å². The van der Waals surface area contributed by atoms with E-state index in [1.54, 1.807) is 6.07 Å². The number of H-pyrrole nitrogens is 1. The Bertz CT molecular complexity index is 1070.